The first-order chi connectivity index (χ1) is 12.1. The number of nitriles is 1. The molecule has 6 nitrogen and oxygen atoms in total. The van der Waals surface area contributed by atoms with Crippen LogP contribution in [0.25, 0.3) is 10.9 Å². The summed E-state index contributed by atoms with van der Waals surface area (Å²) in [5.41, 5.74) is 1.81. The molecule has 1 amide bonds. The van der Waals surface area contributed by atoms with Crippen LogP contribution < -0.4 is 5.32 Å². The van der Waals surface area contributed by atoms with Gasteiger partial charge in [0, 0.05) is 10.9 Å². The monoisotopic (exact) mass is 333 g/mol. The van der Waals surface area contributed by atoms with Crippen molar-refractivity contribution in [1.29, 1.82) is 5.26 Å². The van der Waals surface area contributed by atoms with Gasteiger partial charge in [-0.05, 0) is 31.2 Å². The SMILES string of the molecule is C[C@H](OC(=O)c1cc2ccccc2[nH]1)C(=O)Nc1ccccc1C#N. The van der Waals surface area contributed by atoms with Gasteiger partial charge in [-0.3, -0.25) is 4.79 Å². The number of nitrogens with zero attached hydrogens (tertiary/aromatic N) is 1. The number of rotatable bonds is 4. The van der Waals surface area contributed by atoms with E-state index >= 15 is 0 Å². The molecule has 0 aliphatic rings. The predicted octanol–water partition coefficient (Wildman–Crippen LogP) is 3.22. The molecule has 0 aliphatic carbocycles. The molecule has 6 heteroatoms. The molecule has 3 rings (SSSR count). The first kappa shape index (κ1) is 16.3. The Morgan fingerprint density at radius 3 is 2.64 bits per heavy atom. The van der Waals surface area contributed by atoms with Gasteiger partial charge in [0.05, 0.1) is 11.3 Å². The average Bonchev–Trinajstić information content (AvgIpc) is 3.06. The maximum Gasteiger partial charge on any atom is 0.355 e. The zero-order chi connectivity index (χ0) is 17.8. The number of anilines is 1. The number of fused-ring (bicyclic) bond motifs is 1. The number of carbonyl (C=O) groups excluding carboxylic acids is 2. The number of hydrogen-bond donors (Lipinski definition) is 2. The van der Waals surface area contributed by atoms with Gasteiger partial charge in [-0.15, -0.1) is 0 Å². The maximum absolute atomic E-state index is 12.2. The van der Waals surface area contributed by atoms with Gasteiger partial charge < -0.3 is 15.0 Å². The minimum Gasteiger partial charge on any atom is -0.448 e. The number of amides is 1. The van der Waals surface area contributed by atoms with Crippen molar-refractivity contribution in [3.05, 3.63) is 65.9 Å². The quantitative estimate of drug-likeness (QED) is 0.717. The molecule has 25 heavy (non-hydrogen) atoms. The van der Waals surface area contributed by atoms with Gasteiger partial charge in [0.2, 0.25) is 0 Å². The van der Waals surface area contributed by atoms with E-state index in [4.69, 9.17) is 10.00 Å². The lowest BCUT2D eigenvalue weighted by atomic mass is 10.2. The fourth-order valence-electron chi connectivity index (χ4n) is 2.38. The van der Waals surface area contributed by atoms with Crippen LogP contribution in [-0.2, 0) is 9.53 Å². The molecular formula is C19H15N3O3. The van der Waals surface area contributed by atoms with E-state index in [-0.39, 0.29) is 5.69 Å². The van der Waals surface area contributed by atoms with Crippen LogP contribution in [0, 0.1) is 11.3 Å². The molecule has 1 atom stereocenters. The van der Waals surface area contributed by atoms with Crippen LogP contribution in [0.5, 0.6) is 0 Å². The summed E-state index contributed by atoms with van der Waals surface area (Å²) in [5.74, 6) is -1.13. The van der Waals surface area contributed by atoms with Crippen molar-refractivity contribution in [2.75, 3.05) is 5.32 Å². The first-order valence-corrected chi connectivity index (χ1v) is 7.67. The van der Waals surface area contributed by atoms with E-state index < -0.39 is 18.0 Å². The lowest BCUT2D eigenvalue weighted by Crippen LogP contribution is -2.30. The van der Waals surface area contributed by atoms with Crippen molar-refractivity contribution >= 4 is 28.5 Å². The number of aromatic amines is 1. The third kappa shape index (κ3) is 3.51. The number of nitrogens with one attached hydrogen (secondary N) is 2. The van der Waals surface area contributed by atoms with Gasteiger partial charge in [0.1, 0.15) is 11.8 Å². The summed E-state index contributed by atoms with van der Waals surface area (Å²) in [7, 11) is 0. The summed E-state index contributed by atoms with van der Waals surface area (Å²) in [6.07, 6.45) is -1.01. The molecular weight excluding hydrogens is 318 g/mol. The van der Waals surface area contributed by atoms with E-state index in [0.717, 1.165) is 10.9 Å². The van der Waals surface area contributed by atoms with Gasteiger partial charge >= 0.3 is 5.97 Å². The van der Waals surface area contributed by atoms with Crippen LogP contribution in [0.2, 0.25) is 0 Å². The summed E-state index contributed by atoms with van der Waals surface area (Å²) >= 11 is 0. The Hall–Kier alpha value is -3.59. The fourth-order valence-corrected chi connectivity index (χ4v) is 2.38. The standard InChI is InChI=1S/C19H15N3O3/c1-12(18(23)22-16-9-5-3-7-14(16)11-20)25-19(24)17-10-13-6-2-4-8-15(13)21-17/h2-10,12,21H,1H3,(H,22,23)/t12-/m0/s1. The van der Waals surface area contributed by atoms with Crippen LogP contribution in [-0.4, -0.2) is 23.0 Å². The molecule has 3 aromatic rings. The summed E-state index contributed by atoms with van der Waals surface area (Å²) in [4.78, 5) is 27.4. The van der Waals surface area contributed by atoms with Gasteiger partial charge in [0.15, 0.2) is 6.10 Å². The largest absolute Gasteiger partial charge is 0.448 e. The van der Waals surface area contributed by atoms with Gasteiger partial charge in [-0.2, -0.15) is 5.26 Å². The van der Waals surface area contributed by atoms with Crippen molar-refractivity contribution in [2.45, 2.75) is 13.0 Å². The number of ether oxygens (including phenoxy) is 1. The first-order valence-electron chi connectivity index (χ1n) is 7.67. The van der Waals surface area contributed by atoms with Crippen LogP contribution in [0.15, 0.2) is 54.6 Å². The highest BCUT2D eigenvalue weighted by Crippen LogP contribution is 2.17. The minimum absolute atomic E-state index is 0.276. The zero-order valence-electron chi connectivity index (χ0n) is 13.4. The summed E-state index contributed by atoms with van der Waals surface area (Å²) in [6, 6.07) is 17.7. The molecule has 0 bridgehead atoms. The summed E-state index contributed by atoms with van der Waals surface area (Å²) < 4.78 is 5.21. The Morgan fingerprint density at radius 1 is 1.16 bits per heavy atom. The van der Waals surface area contributed by atoms with Gasteiger partial charge in [-0.1, -0.05) is 30.3 Å². The summed E-state index contributed by atoms with van der Waals surface area (Å²) in [6.45, 7) is 1.48. The van der Waals surface area contributed by atoms with Crippen molar-refractivity contribution in [3.63, 3.8) is 0 Å². The maximum atomic E-state index is 12.2. The van der Waals surface area contributed by atoms with Crippen LogP contribution >= 0.6 is 0 Å². The molecule has 0 aliphatic heterocycles. The van der Waals surface area contributed by atoms with Gasteiger partial charge in [0.25, 0.3) is 5.91 Å². The molecule has 1 aromatic heterocycles. The Labute approximate surface area is 144 Å². The molecule has 0 spiro atoms. The Balaban J connectivity index is 1.68. The molecule has 2 N–H and O–H groups in total. The highest BCUT2D eigenvalue weighted by atomic mass is 16.5. The molecule has 0 unspecified atom stereocenters. The number of hydrogen-bond acceptors (Lipinski definition) is 4. The van der Waals surface area contributed by atoms with Crippen LogP contribution in [0.4, 0.5) is 5.69 Å². The average molecular weight is 333 g/mol. The number of esters is 1. The van der Waals surface area contributed by atoms with Crippen LogP contribution in [0.1, 0.15) is 23.0 Å². The second kappa shape index (κ2) is 6.89. The van der Waals surface area contributed by atoms with E-state index in [9.17, 15) is 9.59 Å². The molecule has 0 saturated carbocycles. The Kier molecular flexibility index (Phi) is 4.48. The molecule has 0 saturated heterocycles. The van der Waals surface area contributed by atoms with Crippen molar-refractivity contribution in [1.82, 2.24) is 4.98 Å². The lowest BCUT2D eigenvalue weighted by molar-refractivity contribution is -0.123. The molecule has 2 aromatic carbocycles. The number of aromatic nitrogens is 1. The zero-order valence-corrected chi connectivity index (χ0v) is 13.4. The highest BCUT2D eigenvalue weighted by molar-refractivity contribution is 5.99. The van der Waals surface area contributed by atoms with Crippen molar-refractivity contribution in [3.8, 4) is 6.07 Å². The van der Waals surface area contributed by atoms with E-state index in [2.05, 4.69) is 10.3 Å². The van der Waals surface area contributed by atoms with E-state index in [1.807, 2.05) is 30.3 Å². The second-order valence-corrected chi connectivity index (χ2v) is 5.46. The Morgan fingerprint density at radius 2 is 1.88 bits per heavy atom. The van der Waals surface area contributed by atoms with Crippen molar-refractivity contribution < 1.29 is 14.3 Å². The highest BCUT2D eigenvalue weighted by Gasteiger charge is 2.21. The number of benzene rings is 2. The van der Waals surface area contributed by atoms with E-state index in [1.165, 1.54) is 6.92 Å². The number of carbonyl (C=O) groups is 2. The second-order valence-electron chi connectivity index (χ2n) is 5.46. The normalized spacial score (nSPS) is 11.5. The van der Waals surface area contributed by atoms with Crippen LogP contribution in [0.3, 0.4) is 0 Å². The van der Waals surface area contributed by atoms with E-state index in [1.54, 1.807) is 30.3 Å². The van der Waals surface area contributed by atoms with E-state index in [0.29, 0.717) is 11.3 Å². The fraction of sp³-hybridized carbons (Fsp3) is 0.105. The molecule has 1 heterocycles. The third-order valence-corrected chi connectivity index (χ3v) is 3.71. The third-order valence-electron chi connectivity index (χ3n) is 3.71. The van der Waals surface area contributed by atoms with Gasteiger partial charge in [-0.25, -0.2) is 4.79 Å². The molecule has 0 radical (unpaired) electrons. The minimum atomic E-state index is -1.01. The molecule has 0 fully saturated rings. The van der Waals surface area contributed by atoms with Crippen molar-refractivity contribution in [2.24, 2.45) is 0 Å². The molecule has 124 valence electrons. The number of H-pyrrole nitrogens is 1. The smallest absolute Gasteiger partial charge is 0.355 e. The Bertz CT molecular complexity index is 952. The predicted molar refractivity (Wildman–Crippen MR) is 93.0 cm³/mol. The lowest BCUT2D eigenvalue weighted by Gasteiger charge is -2.13. The topological polar surface area (TPSA) is 95.0 Å². The summed E-state index contributed by atoms with van der Waals surface area (Å²) in [5, 5.41) is 12.5. The number of para-hydroxylation sites is 2.